The van der Waals surface area contributed by atoms with Crippen molar-refractivity contribution in [1.82, 2.24) is 0 Å². The van der Waals surface area contributed by atoms with Crippen molar-refractivity contribution in [3.05, 3.63) is 71.8 Å². The molecule has 0 saturated carbocycles. The van der Waals surface area contributed by atoms with Crippen LogP contribution >= 0.6 is 0 Å². The van der Waals surface area contributed by atoms with E-state index in [4.69, 9.17) is 5.14 Å². The van der Waals surface area contributed by atoms with Crippen LogP contribution in [-0.4, -0.2) is 14.2 Å². The van der Waals surface area contributed by atoms with Crippen LogP contribution in [0.5, 0.6) is 5.75 Å². The Morgan fingerprint density at radius 2 is 1.62 bits per heavy atom. The predicted molar refractivity (Wildman–Crippen MR) is 80.0 cm³/mol. The molecular formula is C15H13NO4S. The van der Waals surface area contributed by atoms with Gasteiger partial charge in [-0.25, -0.2) is 0 Å². The Balaban J connectivity index is 2.07. The average molecular weight is 303 g/mol. The third kappa shape index (κ3) is 4.87. The highest BCUT2D eigenvalue weighted by molar-refractivity contribution is 7.84. The zero-order chi connectivity index (χ0) is 15.3. The van der Waals surface area contributed by atoms with E-state index in [1.54, 1.807) is 42.5 Å². The molecule has 0 bridgehead atoms. The Hall–Kier alpha value is -2.44. The highest BCUT2D eigenvalue weighted by Crippen LogP contribution is 2.14. The minimum Gasteiger partial charge on any atom is -0.371 e. The van der Waals surface area contributed by atoms with Crippen LogP contribution in [0.4, 0.5) is 0 Å². The molecule has 2 aromatic carbocycles. The first-order chi connectivity index (χ1) is 9.94. The second kappa shape index (κ2) is 6.34. The number of allylic oxidation sites excluding steroid dienone is 1. The van der Waals surface area contributed by atoms with Gasteiger partial charge in [-0.3, -0.25) is 4.79 Å². The topological polar surface area (TPSA) is 86.5 Å². The van der Waals surface area contributed by atoms with Crippen LogP contribution in [0.1, 0.15) is 15.9 Å². The van der Waals surface area contributed by atoms with Crippen LogP contribution in [0.3, 0.4) is 0 Å². The Kier molecular flexibility index (Phi) is 4.52. The molecule has 0 unspecified atom stereocenters. The molecule has 0 aliphatic carbocycles. The van der Waals surface area contributed by atoms with Gasteiger partial charge in [-0.2, -0.15) is 13.6 Å². The van der Waals surface area contributed by atoms with E-state index in [-0.39, 0.29) is 11.5 Å². The van der Waals surface area contributed by atoms with E-state index in [0.29, 0.717) is 5.56 Å². The van der Waals surface area contributed by atoms with E-state index in [2.05, 4.69) is 4.18 Å². The standard InChI is InChI=1S/C15H13NO4S/c16-21(18,19)20-14-9-6-12(7-10-14)8-11-15(17)13-4-2-1-3-5-13/h1-11H,(H2,16,18,19)/b11-8+. The highest BCUT2D eigenvalue weighted by atomic mass is 32.2. The van der Waals surface area contributed by atoms with Crippen LogP contribution in [0, 0.1) is 0 Å². The van der Waals surface area contributed by atoms with Gasteiger partial charge in [-0.15, -0.1) is 0 Å². The molecule has 0 atom stereocenters. The highest BCUT2D eigenvalue weighted by Gasteiger charge is 2.04. The van der Waals surface area contributed by atoms with Crippen molar-refractivity contribution in [3.63, 3.8) is 0 Å². The fourth-order valence-electron chi connectivity index (χ4n) is 1.64. The van der Waals surface area contributed by atoms with Gasteiger partial charge in [0.15, 0.2) is 5.78 Å². The molecule has 0 aliphatic heterocycles. The molecule has 5 nitrogen and oxygen atoms in total. The molecule has 21 heavy (non-hydrogen) atoms. The molecule has 0 aromatic heterocycles. The average Bonchev–Trinajstić information content (AvgIpc) is 2.45. The Bertz CT molecular complexity index is 750. The van der Waals surface area contributed by atoms with E-state index in [9.17, 15) is 13.2 Å². The van der Waals surface area contributed by atoms with Gasteiger partial charge in [0.05, 0.1) is 0 Å². The third-order valence-electron chi connectivity index (χ3n) is 2.58. The van der Waals surface area contributed by atoms with Crippen molar-refractivity contribution in [2.24, 2.45) is 5.14 Å². The monoisotopic (exact) mass is 303 g/mol. The SMILES string of the molecule is NS(=O)(=O)Oc1ccc(/C=C/C(=O)c2ccccc2)cc1. The molecule has 0 saturated heterocycles. The molecule has 2 aromatic rings. The summed E-state index contributed by atoms with van der Waals surface area (Å²) in [5, 5.41) is 4.76. The number of carbonyl (C=O) groups is 1. The Labute approximate surface area is 122 Å². The number of benzene rings is 2. The molecular weight excluding hydrogens is 290 g/mol. The van der Waals surface area contributed by atoms with Crippen molar-refractivity contribution in [2.45, 2.75) is 0 Å². The second-order valence-corrected chi connectivity index (χ2v) is 5.36. The summed E-state index contributed by atoms with van der Waals surface area (Å²) < 4.78 is 26.0. The number of hydrogen-bond acceptors (Lipinski definition) is 4. The number of carbonyl (C=O) groups excluding carboxylic acids is 1. The maximum absolute atomic E-state index is 11.9. The Morgan fingerprint density at radius 1 is 1.00 bits per heavy atom. The quantitative estimate of drug-likeness (QED) is 0.677. The van der Waals surface area contributed by atoms with Gasteiger partial charge in [-0.1, -0.05) is 48.5 Å². The fourth-order valence-corrected chi connectivity index (χ4v) is 2.02. The molecule has 2 rings (SSSR count). The summed E-state index contributed by atoms with van der Waals surface area (Å²) in [7, 11) is -4.02. The predicted octanol–water partition coefficient (Wildman–Crippen LogP) is 2.17. The molecule has 0 amide bonds. The lowest BCUT2D eigenvalue weighted by Crippen LogP contribution is -2.18. The van der Waals surface area contributed by atoms with E-state index < -0.39 is 10.3 Å². The maximum Gasteiger partial charge on any atom is 0.380 e. The zero-order valence-corrected chi connectivity index (χ0v) is 11.8. The van der Waals surface area contributed by atoms with E-state index in [0.717, 1.165) is 5.56 Å². The van der Waals surface area contributed by atoms with E-state index in [1.165, 1.54) is 18.2 Å². The number of ketones is 1. The van der Waals surface area contributed by atoms with Gasteiger partial charge in [0.2, 0.25) is 0 Å². The summed E-state index contributed by atoms with van der Waals surface area (Å²) >= 11 is 0. The third-order valence-corrected chi connectivity index (χ3v) is 3.00. The van der Waals surface area contributed by atoms with Crippen LogP contribution in [0.25, 0.3) is 6.08 Å². The summed E-state index contributed by atoms with van der Waals surface area (Å²) in [6, 6.07) is 15.0. The minimum absolute atomic E-state index is 0.111. The van der Waals surface area contributed by atoms with Crippen molar-refractivity contribution >= 4 is 22.2 Å². The van der Waals surface area contributed by atoms with Gasteiger partial charge in [0.1, 0.15) is 5.75 Å². The van der Waals surface area contributed by atoms with Crippen molar-refractivity contribution in [1.29, 1.82) is 0 Å². The normalized spacial score (nSPS) is 11.5. The molecule has 0 aliphatic rings. The summed E-state index contributed by atoms with van der Waals surface area (Å²) in [5.41, 5.74) is 1.34. The van der Waals surface area contributed by atoms with E-state index in [1.807, 2.05) is 6.07 Å². The van der Waals surface area contributed by atoms with Crippen LogP contribution < -0.4 is 9.32 Å². The lowest BCUT2D eigenvalue weighted by Gasteiger charge is -2.02. The Morgan fingerprint density at radius 3 is 2.19 bits per heavy atom. The van der Waals surface area contributed by atoms with Crippen molar-refractivity contribution in [2.75, 3.05) is 0 Å². The summed E-state index contributed by atoms with van der Waals surface area (Å²) in [5.74, 6) is 0.00417. The lowest BCUT2D eigenvalue weighted by atomic mass is 10.1. The van der Waals surface area contributed by atoms with Gasteiger partial charge >= 0.3 is 10.3 Å². The molecule has 6 heteroatoms. The number of nitrogens with two attached hydrogens (primary N) is 1. The molecule has 0 spiro atoms. The fraction of sp³-hybridized carbons (Fsp3) is 0. The largest absolute Gasteiger partial charge is 0.380 e. The van der Waals surface area contributed by atoms with Crippen LogP contribution in [-0.2, 0) is 10.3 Å². The minimum atomic E-state index is -4.02. The van der Waals surface area contributed by atoms with Crippen LogP contribution in [0.15, 0.2) is 60.7 Å². The van der Waals surface area contributed by atoms with Crippen molar-refractivity contribution < 1.29 is 17.4 Å². The van der Waals surface area contributed by atoms with E-state index >= 15 is 0 Å². The van der Waals surface area contributed by atoms with Gasteiger partial charge in [-0.05, 0) is 23.8 Å². The first-order valence-electron chi connectivity index (χ1n) is 6.04. The maximum atomic E-state index is 11.9. The summed E-state index contributed by atoms with van der Waals surface area (Å²) in [6.45, 7) is 0. The van der Waals surface area contributed by atoms with Gasteiger partial charge in [0, 0.05) is 5.56 Å². The smallest absolute Gasteiger partial charge is 0.371 e. The molecule has 108 valence electrons. The lowest BCUT2D eigenvalue weighted by molar-refractivity contribution is 0.104. The number of rotatable bonds is 5. The summed E-state index contributed by atoms with van der Waals surface area (Å²) in [4.78, 5) is 11.9. The zero-order valence-electron chi connectivity index (χ0n) is 11.0. The van der Waals surface area contributed by atoms with Gasteiger partial charge < -0.3 is 4.18 Å². The molecule has 0 heterocycles. The molecule has 2 N–H and O–H groups in total. The van der Waals surface area contributed by atoms with Crippen molar-refractivity contribution in [3.8, 4) is 5.75 Å². The summed E-state index contributed by atoms with van der Waals surface area (Å²) in [6.07, 6.45) is 3.08. The van der Waals surface area contributed by atoms with Crippen LogP contribution in [0.2, 0.25) is 0 Å². The van der Waals surface area contributed by atoms with Gasteiger partial charge in [0.25, 0.3) is 0 Å². The first kappa shape index (κ1) is 15.0. The molecule has 0 fully saturated rings. The number of hydrogen-bond donors (Lipinski definition) is 1. The second-order valence-electron chi connectivity index (χ2n) is 4.21. The molecule has 0 radical (unpaired) electrons. The first-order valence-corrected chi connectivity index (χ1v) is 7.51.